The maximum absolute atomic E-state index is 10.2. The van der Waals surface area contributed by atoms with E-state index < -0.39 is 0 Å². The van der Waals surface area contributed by atoms with E-state index in [1.165, 1.54) is 6.42 Å². The van der Waals surface area contributed by atoms with Gasteiger partial charge in [-0.05, 0) is 37.4 Å². The largest absolute Gasteiger partial charge is 0.507 e. The van der Waals surface area contributed by atoms with Crippen LogP contribution in [0.4, 0.5) is 0 Å². The van der Waals surface area contributed by atoms with Crippen molar-refractivity contribution in [2.75, 3.05) is 39.9 Å². The SMILES string of the molecule is COc1cccc(O)c1CN1CCN(CCC(C)C)C(CCO)C1. The lowest BCUT2D eigenvalue weighted by molar-refractivity contribution is 0.0517. The van der Waals surface area contributed by atoms with E-state index >= 15 is 0 Å². The highest BCUT2D eigenvalue weighted by Gasteiger charge is 2.27. The van der Waals surface area contributed by atoms with Gasteiger partial charge in [-0.25, -0.2) is 0 Å². The van der Waals surface area contributed by atoms with Crippen molar-refractivity contribution in [3.63, 3.8) is 0 Å². The third-order valence-corrected chi connectivity index (χ3v) is 4.85. The molecule has 0 amide bonds. The molecule has 24 heavy (non-hydrogen) atoms. The first-order chi connectivity index (χ1) is 11.5. The summed E-state index contributed by atoms with van der Waals surface area (Å²) in [7, 11) is 1.64. The van der Waals surface area contributed by atoms with Crippen LogP contribution in [0.15, 0.2) is 18.2 Å². The molecule has 2 N–H and O–H groups in total. The first-order valence-electron chi connectivity index (χ1n) is 8.97. The van der Waals surface area contributed by atoms with Crippen molar-refractivity contribution < 1.29 is 14.9 Å². The first-order valence-corrected chi connectivity index (χ1v) is 8.97. The molecule has 1 atom stereocenters. The number of hydrogen-bond acceptors (Lipinski definition) is 5. The Hall–Kier alpha value is -1.30. The van der Waals surface area contributed by atoms with Gasteiger partial charge in [0.1, 0.15) is 11.5 Å². The van der Waals surface area contributed by atoms with Gasteiger partial charge in [-0.15, -0.1) is 0 Å². The van der Waals surface area contributed by atoms with Gasteiger partial charge in [0.25, 0.3) is 0 Å². The highest BCUT2D eigenvalue weighted by molar-refractivity contribution is 5.43. The van der Waals surface area contributed by atoms with Crippen LogP contribution in [-0.4, -0.2) is 66.0 Å². The minimum absolute atomic E-state index is 0.219. The molecule has 1 aliphatic rings. The Morgan fingerprint density at radius 2 is 2.08 bits per heavy atom. The van der Waals surface area contributed by atoms with Crippen molar-refractivity contribution in [2.24, 2.45) is 5.92 Å². The summed E-state index contributed by atoms with van der Waals surface area (Å²) in [5, 5.41) is 19.6. The lowest BCUT2D eigenvalue weighted by Crippen LogP contribution is -2.53. The average molecular weight is 336 g/mol. The second kappa shape index (κ2) is 9.25. The number of ether oxygens (including phenoxy) is 1. The fourth-order valence-corrected chi connectivity index (χ4v) is 3.37. The Balaban J connectivity index is 2.01. The number of phenolic OH excluding ortho intramolecular Hbond substituents is 1. The van der Waals surface area contributed by atoms with E-state index in [1.54, 1.807) is 19.2 Å². The maximum atomic E-state index is 10.2. The summed E-state index contributed by atoms with van der Waals surface area (Å²) in [6.07, 6.45) is 1.99. The molecule has 1 fully saturated rings. The van der Waals surface area contributed by atoms with Gasteiger partial charge >= 0.3 is 0 Å². The molecular weight excluding hydrogens is 304 g/mol. The molecule has 1 heterocycles. The Morgan fingerprint density at radius 1 is 1.29 bits per heavy atom. The zero-order chi connectivity index (χ0) is 17.5. The van der Waals surface area contributed by atoms with Crippen LogP contribution >= 0.6 is 0 Å². The van der Waals surface area contributed by atoms with E-state index in [4.69, 9.17) is 4.74 Å². The van der Waals surface area contributed by atoms with Crippen LogP contribution in [0.25, 0.3) is 0 Å². The molecule has 1 aromatic carbocycles. The van der Waals surface area contributed by atoms with Crippen molar-refractivity contribution in [2.45, 2.75) is 39.3 Å². The Morgan fingerprint density at radius 3 is 2.75 bits per heavy atom. The van der Waals surface area contributed by atoms with E-state index in [0.717, 1.165) is 43.9 Å². The van der Waals surface area contributed by atoms with Crippen molar-refractivity contribution in [3.8, 4) is 11.5 Å². The van der Waals surface area contributed by atoms with Crippen molar-refractivity contribution in [1.82, 2.24) is 9.80 Å². The van der Waals surface area contributed by atoms with Gasteiger partial charge < -0.3 is 14.9 Å². The molecule has 1 aliphatic heterocycles. The van der Waals surface area contributed by atoms with E-state index in [1.807, 2.05) is 6.07 Å². The minimum Gasteiger partial charge on any atom is -0.507 e. The Labute approximate surface area is 145 Å². The van der Waals surface area contributed by atoms with Crippen molar-refractivity contribution in [1.29, 1.82) is 0 Å². The zero-order valence-electron chi connectivity index (χ0n) is 15.2. The number of aromatic hydroxyl groups is 1. The van der Waals surface area contributed by atoms with Gasteiger partial charge in [0.15, 0.2) is 0 Å². The third kappa shape index (κ3) is 5.10. The number of aliphatic hydroxyl groups is 1. The number of piperazine rings is 1. The number of benzene rings is 1. The first kappa shape index (κ1) is 19.0. The average Bonchev–Trinajstić information content (AvgIpc) is 2.56. The van der Waals surface area contributed by atoms with E-state index in [0.29, 0.717) is 18.5 Å². The lowest BCUT2D eigenvalue weighted by atomic mass is 10.0. The molecule has 1 aromatic rings. The minimum atomic E-state index is 0.219. The molecule has 0 aromatic heterocycles. The molecule has 136 valence electrons. The smallest absolute Gasteiger partial charge is 0.127 e. The summed E-state index contributed by atoms with van der Waals surface area (Å²) < 4.78 is 5.39. The monoisotopic (exact) mass is 336 g/mol. The lowest BCUT2D eigenvalue weighted by Gasteiger charge is -2.42. The summed E-state index contributed by atoms with van der Waals surface area (Å²) in [5.41, 5.74) is 0.846. The van der Waals surface area contributed by atoms with Gasteiger partial charge in [0.2, 0.25) is 0 Å². The van der Waals surface area contributed by atoms with Crippen LogP contribution in [0.5, 0.6) is 11.5 Å². The van der Waals surface area contributed by atoms with Crippen LogP contribution < -0.4 is 4.74 Å². The predicted octanol–water partition coefficient (Wildman–Crippen LogP) is 2.32. The molecule has 1 unspecified atom stereocenters. The highest BCUT2D eigenvalue weighted by Crippen LogP contribution is 2.29. The molecule has 2 rings (SSSR count). The molecule has 0 radical (unpaired) electrons. The maximum Gasteiger partial charge on any atom is 0.127 e. The zero-order valence-corrected chi connectivity index (χ0v) is 15.2. The van der Waals surface area contributed by atoms with Crippen molar-refractivity contribution in [3.05, 3.63) is 23.8 Å². The quantitative estimate of drug-likeness (QED) is 0.763. The summed E-state index contributed by atoms with van der Waals surface area (Å²) >= 11 is 0. The molecule has 5 nitrogen and oxygen atoms in total. The van der Waals surface area contributed by atoms with Crippen LogP contribution in [0.3, 0.4) is 0 Å². The van der Waals surface area contributed by atoms with E-state index in [-0.39, 0.29) is 12.4 Å². The fourth-order valence-electron chi connectivity index (χ4n) is 3.37. The van der Waals surface area contributed by atoms with Gasteiger partial charge in [-0.2, -0.15) is 0 Å². The van der Waals surface area contributed by atoms with E-state index in [2.05, 4.69) is 23.6 Å². The van der Waals surface area contributed by atoms with Gasteiger partial charge in [-0.3, -0.25) is 9.80 Å². The molecule has 1 saturated heterocycles. The molecule has 0 saturated carbocycles. The third-order valence-electron chi connectivity index (χ3n) is 4.85. The van der Waals surface area contributed by atoms with Gasteiger partial charge in [0, 0.05) is 44.4 Å². The van der Waals surface area contributed by atoms with Crippen LogP contribution in [0.1, 0.15) is 32.3 Å². The normalized spacial score (nSPS) is 19.8. The van der Waals surface area contributed by atoms with Crippen LogP contribution in [0.2, 0.25) is 0 Å². The fraction of sp³-hybridized carbons (Fsp3) is 0.684. The summed E-state index contributed by atoms with van der Waals surface area (Å²) in [6.45, 7) is 9.38. The number of methoxy groups -OCH3 is 1. The number of nitrogens with zero attached hydrogens (tertiary/aromatic N) is 2. The molecule has 0 aliphatic carbocycles. The van der Waals surface area contributed by atoms with Gasteiger partial charge in [0.05, 0.1) is 7.11 Å². The second-order valence-corrected chi connectivity index (χ2v) is 7.08. The Bertz CT molecular complexity index is 507. The van der Waals surface area contributed by atoms with Crippen LogP contribution in [0, 0.1) is 5.92 Å². The molecule has 5 heteroatoms. The van der Waals surface area contributed by atoms with Gasteiger partial charge in [-0.1, -0.05) is 19.9 Å². The van der Waals surface area contributed by atoms with Crippen LogP contribution in [-0.2, 0) is 6.54 Å². The summed E-state index contributed by atoms with van der Waals surface area (Å²) in [4.78, 5) is 4.86. The Kier molecular flexibility index (Phi) is 7.34. The van der Waals surface area contributed by atoms with E-state index in [9.17, 15) is 10.2 Å². The molecular formula is C19H32N2O3. The number of phenols is 1. The topological polar surface area (TPSA) is 56.2 Å². The highest BCUT2D eigenvalue weighted by atomic mass is 16.5. The molecule has 0 spiro atoms. The number of aliphatic hydroxyl groups excluding tert-OH is 1. The summed E-state index contributed by atoms with van der Waals surface area (Å²) in [6, 6.07) is 5.77. The summed E-state index contributed by atoms with van der Waals surface area (Å²) in [5.74, 6) is 1.72. The predicted molar refractivity (Wildman–Crippen MR) is 96.5 cm³/mol. The second-order valence-electron chi connectivity index (χ2n) is 7.08. The van der Waals surface area contributed by atoms with Crippen molar-refractivity contribution >= 4 is 0 Å². The number of hydrogen-bond donors (Lipinski definition) is 2. The standard InChI is InChI=1S/C19H32N2O3/c1-15(2)7-9-21-11-10-20(13-16(21)8-12-22)14-17-18(23)5-4-6-19(17)24-3/h4-6,15-16,22-23H,7-14H2,1-3H3. The molecule has 0 bridgehead atoms. The number of rotatable bonds is 8.